The van der Waals surface area contributed by atoms with Gasteiger partial charge in [0.1, 0.15) is 6.10 Å². The molecule has 0 bridgehead atoms. The first kappa shape index (κ1) is 23.2. The number of carboxylic acid groups (broad SMARTS) is 1. The van der Waals surface area contributed by atoms with E-state index in [0.29, 0.717) is 18.3 Å². The summed E-state index contributed by atoms with van der Waals surface area (Å²) in [5.41, 5.74) is 0.0753. The van der Waals surface area contributed by atoms with E-state index in [9.17, 15) is 14.7 Å². The van der Waals surface area contributed by atoms with Crippen molar-refractivity contribution in [3.05, 3.63) is 0 Å². The molecular weight excluding hydrogens is 352 g/mol. The molecule has 28 heavy (non-hydrogen) atoms. The summed E-state index contributed by atoms with van der Waals surface area (Å²) in [5, 5.41) is 9.67. The van der Waals surface area contributed by atoms with E-state index in [1.807, 2.05) is 6.92 Å². The smallest absolute Gasteiger partial charge is 0.310 e. The molecule has 0 spiro atoms. The van der Waals surface area contributed by atoms with Gasteiger partial charge in [0.2, 0.25) is 0 Å². The maximum Gasteiger partial charge on any atom is 0.310 e. The fraction of sp³-hybridized carbons (Fsp3) is 0.917. The summed E-state index contributed by atoms with van der Waals surface area (Å²) in [6.07, 6.45) is 7.82. The Hall–Kier alpha value is -1.06. The van der Waals surface area contributed by atoms with Crippen LogP contribution in [0.1, 0.15) is 92.9 Å². The summed E-state index contributed by atoms with van der Waals surface area (Å²) < 4.78 is 6.13. The molecule has 2 fully saturated rings. The van der Waals surface area contributed by atoms with Gasteiger partial charge >= 0.3 is 11.9 Å². The van der Waals surface area contributed by atoms with E-state index in [1.165, 1.54) is 12.8 Å². The molecule has 2 rings (SSSR count). The molecule has 0 radical (unpaired) electrons. The van der Waals surface area contributed by atoms with Gasteiger partial charge in [0.25, 0.3) is 0 Å². The minimum absolute atomic E-state index is 0.0337. The van der Waals surface area contributed by atoms with Crippen molar-refractivity contribution in [1.82, 2.24) is 0 Å². The number of carbonyl (C=O) groups excluding carboxylic acids is 1. The minimum Gasteiger partial charge on any atom is -0.481 e. The first-order valence-electron chi connectivity index (χ1n) is 11.4. The Kier molecular flexibility index (Phi) is 7.98. The number of rotatable bonds is 6. The Morgan fingerprint density at radius 1 is 1.00 bits per heavy atom. The highest BCUT2D eigenvalue weighted by atomic mass is 16.5. The normalized spacial score (nSPS) is 32.8. The predicted octanol–water partition coefficient (Wildman–Crippen LogP) is 5.93. The van der Waals surface area contributed by atoms with Crippen molar-refractivity contribution < 1.29 is 19.4 Å². The van der Waals surface area contributed by atoms with E-state index in [4.69, 9.17) is 4.74 Å². The zero-order chi connectivity index (χ0) is 21.1. The number of carboxylic acids is 1. The van der Waals surface area contributed by atoms with E-state index < -0.39 is 17.8 Å². The van der Waals surface area contributed by atoms with Crippen molar-refractivity contribution in [2.75, 3.05) is 0 Å². The molecule has 2 aliphatic rings. The molecule has 4 heteroatoms. The Balaban J connectivity index is 2.09. The van der Waals surface area contributed by atoms with E-state index >= 15 is 0 Å². The minimum atomic E-state index is -0.848. The van der Waals surface area contributed by atoms with Crippen LogP contribution < -0.4 is 0 Å². The van der Waals surface area contributed by atoms with Crippen LogP contribution in [-0.2, 0) is 14.3 Å². The molecule has 4 atom stereocenters. The first-order valence-corrected chi connectivity index (χ1v) is 11.4. The van der Waals surface area contributed by atoms with Crippen LogP contribution in [0.15, 0.2) is 0 Å². The molecule has 1 N–H and O–H groups in total. The van der Waals surface area contributed by atoms with Gasteiger partial charge < -0.3 is 9.84 Å². The third-order valence-corrected chi connectivity index (χ3v) is 7.18. The average Bonchev–Trinajstić information content (AvgIpc) is 2.59. The second kappa shape index (κ2) is 9.63. The van der Waals surface area contributed by atoms with Crippen molar-refractivity contribution >= 4 is 11.9 Å². The van der Waals surface area contributed by atoms with Gasteiger partial charge in [0.15, 0.2) is 0 Å². The van der Waals surface area contributed by atoms with Crippen LogP contribution in [0, 0.1) is 40.9 Å². The summed E-state index contributed by atoms with van der Waals surface area (Å²) in [4.78, 5) is 24.9. The lowest BCUT2D eigenvalue weighted by molar-refractivity contribution is -0.170. The highest BCUT2D eigenvalue weighted by Crippen LogP contribution is 2.41. The van der Waals surface area contributed by atoms with Gasteiger partial charge in [0, 0.05) is 0 Å². The lowest BCUT2D eigenvalue weighted by atomic mass is 9.72. The van der Waals surface area contributed by atoms with Crippen molar-refractivity contribution in [2.24, 2.45) is 40.9 Å². The van der Waals surface area contributed by atoms with Crippen LogP contribution in [0.5, 0.6) is 0 Å². The first-order chi connectivity index (χ1) is 13.0. The fourth-order valence-corrected chi connectivity index (χ4v) is 5.42. The zero-order valence-corrected chi connectivity index (χ0v) is 18.9. The van der Waals surface area contributed by atoms with Gasteiger partial charge in [-0.25, -0.2) is 0 Å². The number of esters is 1. The molecule has 0 saturated heterocycles. The van der Waals surface area contributed by atoms with Crippen LogP contribution in [0.25, 0.3) is 0 Å². The number of ether oxygens (including phenoxy) is 1. The monoisotopic (exact) mass is 394 g/mol. The van der Waals surface area contributed by atoms with Crippen LogP contribution >= 0.6 is 0 Å². The van der Waals surface area contributed by atoms with Crippen LogP contribution in [-0.4, -0.2) is 23.1 Å². The van der Waals surface area contributed by atoms with Gasteiger partial charge in [-0.05, 0) is 74.0 Å². The lowest BCUT2D eigenvalue weighted by Crippen LogP contribution is -2.41. The van der Waals surface area contributed by atoms with Crippen molar-refractivity contribution in [3.8, 4) is 0 Å². The van der Waals surface area contributed by atoms with E-state index in [2.05, 4.69) is 34.6 Å². The molecule has 2 saturated carbocycles. The zero-order valence-electron chi connectivity index (χ0n) is 18.9. The molecule has 0 aromatic carbocycles. The Labute approximate surface area is 171 Å². The average molecular weight is 395 g/mol. The number of carbonyl (C=O) groups is 2. The predicted molar refractivity (Wildman–Crippen MR) is 112 cm³/mol. The summed E-state index contributed by atoms with van der Waals surface area (Å²) in [7, 11) is 0. The van der Waals surface area contributed by atoms with Gasteiger partial charge in [-0.2, -0.15) is 0 Å². The summed E-state index contributed by atoms with van der Waals surface area (Å²) in [5.74, 6) is -0.279. The molecule has 2 aliphatic carbocycles. The molecule has 0 aromatic heterocycles. The van der Waals surface area contributed by atoms with Gasteiger partial charge in [-0.15, -0.1) is 0 Å². The Morgan fingerprint density at radius 3 is 2.07 bits per heavy atom. The summed E-state index contributed by atoms with van der Waals surface area (Å²) >= 11 is 0. The maximum atomic E-state index is 13.1. The van der Waals surface area contributed by atoms with Crippen molar-refractivity contribution in [1.29, 1.82) is 0 Å². The highest BCUT2D eigenvalue weighted by Gasteiger charge is 2.43. The highest BCUT2D eigenvalue weighted by molar-refractivity contribution is 5.81. The van der Waals surface area contributed by atoms with Gasteiger partial charge in [-0.1, -0.05) is 48.0 Å². The lowest BCUT2D eigenvalue weighted by Gasteiger charge is -2.39. The quantitative estimate of drug-likeness (QED) is 0.567. The third-order valence-electron chi connectivity index (χ3n) is 7.18. The van der Waals surface area contributed by atoms with E-state index in [0.717, 1.165) is 38.0 Å². The summed E-state index contributed by atoms with van der Waals surface area (Å²) in [6, 6.07) is 0. The largest absolute Gasteiger partial charge is 0.481 e. The Morgan fingerprint density at radius 2 is 1.57 bits per heavy atom. The molecule has 4 nitrogen and oxygen atoms in total. The number of hydrogen-bond donors (Lipinski definition) is 1. The van der Waals surface area contributed by atoms with Crippen LogP contribution in [0.2, 0.25) is 0 Å². The Bertz CT molecular complexity index is 525. The second-order valence-corrected chi connectivity index (χ2v) is 11.0. The molecule has 4 unspecified atom stereocenters. The van der Waals surface area contributed by atoms with Crippen LogP contribution in [0.3, 0.4) is 0 Å². The molecule has 162 valence electrons. The SMILES string of the molecule is CC(C)C1CCC(C(CC(C)(C)C)OC(=O)C2CCCC(C)C2C(=O)O)CC1. The molecule has 0 amide bonds. The van der Waals surface area contributed by atoms with Gasteiger partial charge in [-0.3, -0.25) is 9.59 Å². The maximum absolute atomic E-state index is 13.1. The summed E-state index contributed by atoms with van der Waals surface area (Å²) in [6.45, 7) is 13.1. The van der Waals surface area contributed by atoms with E-state index in [1.54, 1.807) is 0 Å². The molecule has 0 aliphatic heterocycles. The van der Waals surface area contributed by atoms with Crippen molar-refractivity contribution in [2.45, 2.75) is 99.0 Å². The molecule has 0 heterocycles. The number of hydrogen-bond acceptors (Lipinski definition) is 3. The fourth-order valence-electron chi connectivity index (χ4n) is 5.42. The van der Waals surface area contributed by atoms with Crippen molar-refractivity contribution in [3.63, 3.8) is 0 Å². The third kappa shape index (κ3) is 6.22. The topological polar surface area (TPSA) is 63.6 Å². The number of aliphatic carboxylic acids is 1. The standard InChI is InChI=1S/C24H42O4/c1-15(2)17-10-12-18(13-11-17)20(14-24(4,5)6)28-23(27)19-9-7-8-16(3)21(19)22(25)26/h15-21H,7-14H2,1-6H3,(H,25,26). The molecular formula is C24H42O4. The van der Waals surface area contributed by atoms with Crippen LogP contribution in [0.4, 0.5) is 0 Å². The molecule has 0 aromatic rings. The second-order valence-electron chi connectivity index (χ2n) is 11.0. The van der Waals surface area contributed by atoms with Gasteiger partial charge in [0.05, 0.1) is 11.8 Å². The van der Waals surface area contributed by atoms with E-state index in [-0.39, 0.29) is 23.4 Å².